The number of Topliss-reactive ketones (excluding diaryl/α,β-unsaturated/α-hetero) is 1. The van der Waals surface area contributed by atoms with Crippen LogP contribution in [0.3, 0.4) is 0 Å². The minimum absolute atomic E-state index is 0.0688. The lowest BCUT2D eigenvalue weighted by Crippen LogP contribution is -2.34. The maximum atomic E-state index is 12.7. The third-order valence-corrected chi connectivity index (χ3v) is 4.70. The van der Waals surface area contributed by atoms with Gasteiger partial charge in [0.05, 0.1) is 11.4 Å². The van der Waals surface area contributed by atoms with Gasteiger partial charge in [-0.25, -0.2) is 4.99 Å². The van der Waals surface area contributed by atoms with Gasteiger partial charge in [-0.1, -0.05) is 29.8 Å². The van der Waals surface area contributed by atoms with Crippen molar-refractivity contribution in [2.24, 2.45) is 4.99 Å². The molecule has 2 aromatic rings. The van der Waals surface area contributed by atoms with Crippen molar-refractivity contribution in [2.75, 3.05) is 5.32 Å². The highest BCUT2D eigenvalue weighted by Crippen LogP contribution is 2.39. The van der Waals surface area contributed by atoms with Gasteiger partial charge in [-0.3, -0.25) is 4.79 Å². The lowest BCUT2D eigenvalue weighted by atomic mass is 10.0. The van der Waals surface area contributed by atoms with Gasteiger partial charge in [0.25, 0.3) is 0 Å². The van der Waals surface area contributed by atoms with Crippen LogP contribution in [0.2, 0.25) is 5.02 Å². The molecule has 0 aromatic heterocycles. The first-order valence-corrected chi connectivity index (χ1v) is 7.83. The number of aryl methyl sites for hydroxylation is 2. The highest BCUT2D eigenvalue weighted by Gasteiger charge is 2.45. The van der Waals surface area contributed by atoms with E-state index < -0.39 is 12.1 Å². The van der Waals surface area contributed by atoms with Crippen LogP contribution in [0, 0.1) is 13.8 Å². The number of benzene rings is 2. The third-order valence-electron chi connectivity index (χ3n) is 4.36. The Labute approximate surface area is 139 Å². The van der Waals surface area contributed by atoms with E-state index >= 15 is 0 Å². The molecule has 2 aliphatic rings. The van der Waals surface area contributed by atoms with Crippen molar-refractivity contribution in [3.05, 3.63) is 58.1 Å². The second-order valence-electron chi connectivity index (χ2n) is 5.90. The van der Waals surface area contributed by atoms with Gasteiger partial charge < -0.3 is 10.1 Å². The number of halogens is 1. The van der Waals surface area contributed by atoms with E-state index in [0.717, 1.165) is 22.5 Å². The number of nitrogens with one attached hydrogen (secondary N) is 1. The molecule has 23 heavy (non-hydrogen) atoms. The molecule has 0 radical (unpaired) electrons. The molecule has 2 atom stereocenters. The lowest BCUT2D eigenvalue weighted by molar-refractivity contribution is -0.122. The third kappa shape index (κ3) is 2.21. The molecule has 2 heterocycles. The SMILES string of the molecule is Cc1cc2c(cc1C)NC1C(=O)C(c3ccccc3Cl)OC1=N2. The average molecular weight is 327 g/mol. The van der Waals surface area contributed by atoms with Crippen molar-refractivity contribution in [2.45, 2.75) is 26.0 Å². The highest BCUT2D eigenvalue weighted by atomic mass is 35.5. The summed E-state index contributed by atoms with van der Waals surface area (Å²) in [6.45, 7) is 4.07. The Hall–Kier alpha value is -2.33. The summed E-state index contributed by atoms with van der Waals surface area (Å²) in [6, 6.07) is 10.7. The molecule has 1 saturated heterocycles. The molecule has 0 amide bonds. The van der Waals surface area contributed by atoms with Crippen molar-refractivity contribution in [1.82, 2.24) is 0 Å². The number of nitrogens with zero attached hydrogens (tertiary/aromatic N) is 1. The van der Waals surface area contributed by atoms with Gasteiger partial charge in [0.2, 0.25) is 11.7 Å². The number of ketones is 1. The first kappa shape index (κ1) is 14.3. The molecular weight excluding hydrogens is 312 g/mol. The summed E-state index contributed by atoms with van der Waals surface area (Å²) in [5, 5.41) is 3.77. The van der Waals surface area contributed by atoms with E-state index in [0.29, 0.717) is 16.5 Å². The monoisotopic (exact) mass is 326 g/mol. The van der Waals surface area contributed by atoms with Crippen LogP contribution in [0.25, 0.3) is 0 Å². The fourth-order valence-electron chi connectivity index (χ4n) is 2.93. The number of carbonyl (C=O) groups excluding carboxylic acids is 1. The lowest BCUT2D eigenvalue weighted by Gasteiger charge is -2.20. The average Bonchev–Trinajstić information content (AvgIpc) is 2.83. The summed E-state index contributed by atoms with van der Waals surface area (Å²) in [6.07, 6.45) is -0.712. The second kappa shape index (κ2) is 5.10. The normalized spacial score (nSPS) is 21.9. The first-order chi connectivity index (χ1) is 11.0. The van der Waals surface area contributed by atoms with Crippen LogP contribution >= 0.6 is 11.6 Å². The molecule has 2 aliphatic heterocycles. The van der Waals surface area contributed by atoms with Crippen LogP contribution in [-0.2, 0) is 9.53 Å². The number of hydrogen-bond acceptors (Lipinski definition) is 4. The second-order valence-corrected chi connectivity index (χ2v) is 6.31. The van der Waals surface area contributed by atoms with Gasteiger partial charge in [0.1, 0.15) is 0 Å². The fraction of sp³-hybridized carbons (Fsp3) is 0.222. The van der Waals surface area contributed by atoms with Crippen LogP contribution in [0.4, 0.5) is 11.4 Å². The van der Waals surface area contributed by atoms with Crippen LogP contribution in [0.1, 0.15) is 22.8 Å². The maximum absolute atomic E-state index is 12.7. The Morgan fingerprint density at radius 1 is 1.17 bits per heavy atom. The number of anilines is 1. The molecule has 1 N–H and O–H groups in total. The Balaban J connectivity index is 1.74. The van der Waals surface area contributed by atoms with Crippen molar-refractivity contribution >= 4 is 34.7 Å². The zero-order chi connectivity index (χ0) is 16.1. The number of hydrogen-bond donors (Lipinski definition) is 1. The fourth-order valence-corrected chi connectivity index (χ4v) is 3.17. The predicted octanol–water partition coefficient (Wildman–Crippen LogP) is 4.12. The maximum Gasteiger partial charge on any atom is 0.220 e. The van der Waals surface area contributed by atoms with E-state index in [1.165, 1.54) is 0 Å². The zero-order valence-corrected chi connectivity index (χ0v) is 13.5. The molecule has 0 saturated carbocycles. The van der Waals surface area contributed by atoms with Crippen molar-refractivity contribution < 1.29 is 9.53 Å². The zero-order valence-electron chi connectivity index (χ0n) is 12.8. The Morgan fingerprint density at radius 2 is 1.91 bits per heavy atom. The molecule has 2 unspecified atom stereocenters. The molecule has 4 nitrogen and oxygen atoms in total. The number of fused-ring (bicyclic) bond motifs is 2. The van der Waals surface area contributed by atoms with Crippen LogP contribution in [0.15, 0.2) is 41.4 Å². The molecule has 1 fully saturated rings. The number of carbonyl (C=O) groups is 1. The largest absolute Gasteiger partial charge is 0.462 e. The Kier molecular flexibility index (Phi) is 3.16. The quantitative estimate of drug-likeness (QED) is 0.857. The molecule has 4 rings (SSSR count). The molecule has 0 aliphatic carbocycles. The minimum atomic E-state index is -0.712. The molecule has 0 spiro atoms. The molecule has 0 bridgehead atoms. The van der Waals surface area contributed by atoms with E-state index in [9.17, 15) is 4.79 Å². The van der Waals surface area contributed by atoms with Crippen molar-refractivity contribution in [3.63, 3.8) is 0 Å². The number of rotatable bonds is 1. The Morgan fingerprint density at radius 3 is 2.70 bits per heavy atom. The highest BCUT2D eigenvalue weighted by molar-refractivity contribution is 6.32. The molecule has 2 aromatic carbocycles. The molecule has 116 valence electrons. The summed E-state index contributed by atoms with van der Waals surface area (Å²) in [4.78, 5) is 17.3. The van der Waals surface area contributed by atoms with E-state index in [1.807, 2.05) is 44.2 Å². The number of ether oxygens (including phenoxy) is 1. The van der Waals surface area contributed by atoms with Gasteiger partial charge in [-0.15, -0.1) is 0 Å². The minimum Gasteiger partial charge on any atom is -0.462 e. The topological polar surface area (TPSA) is 50.7 Å². The smallest absolute Gasteiger partial charge is 0.220 e. The van der Waals surface area contributed by atoms with Crippen molar-refractivity contribution in [3.8, 4) is 0 Å². The summed E-state index contributed by atoms with van der Waals surface area (Å²) in [7, 11) is 0. The van der Waals surface area contributed by atoms with E-state index in [4.69, 9.17) is 16.3 Å². The first-order valence-electron chi connectivity index (χ1n) is 7.46. The van der Waals surface area contributed by atoms with E-state index in [-0.39, 0.29) is 5.78 Å². The predicted molar refractivity (Wildman–Crippen MR) is 90.7 cm³/mol. The standard InChI is InChI=1S/C18H15ClN2O2/c1-9-7-13-14(8-10(9)2)21-18-15(20-13)16(22)17(23-18)11-5-3-4-6-12(11)19/h3-8,15,17,20H,1-2H3. The summed E-state index contributed by atoms with van der Waals surface area (Å²) in [5.41, 5.74) is 4.64. The summed E-state index contributed by atoms with van der Waals surface area (Å²) >= 11 is 6.21. The van der Waals surface area contributed by atoms with Crippen LogP contribution in [-0.4, -0.2) is 17.7 Å². The molecule has 5 heteroatoms. The van der Waals surface area contributed by atoms with E-state index in [1.54, 1.807) is 6.07 Å². The van der Waals surface area contributed by atoms with Crippen LogP contribution in [0.5, 0.6) is 0 Å². The van der Waals surface area contributed by atoms with Crippen LogP contribution < -0.4 is 5.32 Å². The van der Waals surface area contributed by atoms with Gasteiger partial charge in [-0.05, 0) is 43.2 Å². The van der Waals surface area contributed by atoms with Gasteiger partial charge in [0, 0.05) is 10.6 Å². The Bertz CT molecular complexity index is 860. The summed E-state index contributed by atoms with van der Waals surface area (Å²) in [5.74, 6) is 0.344. The van der Waals surface area contributed by atoms with Gasteiger partial charge >= 0.3 is 0 Å². The van der Waals surface area contributed by atoms with Gasteiger partial charge in [-0.2, -0.15) is 0 Å². The van der Waals surface area contributed by atoms with Crippen molar-refractivity contribution in [1.29, 1.82) is 0 Å². The number of aliphatic imine (C=N–C) groups is 1. The van der Waals surface area contributed by atoms with E-state index in [2.05, 4.69) is 10.3 Å². The summed E-state index contributed by atoms with van der Waals surface area (Å²) < 4.78 is 5.82. The molecular formula is C18H15ClN2O2. The van der Waals surface area contributed by atoms with Gasteiger partial charge in [0.15, 0.2) is 12.1 Å².